The van der Waals surface area contributed by atoms with Crippen molar-refractivity contribution in [3.63, 3.8) is 0 Å². The van der Waals surface area contributed by atoms with E-state index in [1.165, 1.54) is 6.92 Å². The lowest BCUT2D eigenvalue weighted by atomic mass is 10.2. The number of anilines is 2. The molecule has 0 spiro atoms. The fourth-order valence-electron chi connectivity index (χ4n) is 3.57. The third kappa shape index (κ3) is 6.06. The van der Waals surface area contributed by atoms with Crippen LogP contribution in [0.5, 0.6) is 0 Å². The topological polar surface area (TPSA) is 104 Å². The van der Waals surface area contributed by atoms with E-state index < -0.39 is 0 Å². The van der Waals surface area contributed by atoms with Crippen LogP contribution in [-0.2, 0) is 4.79 Å². The summed E-state index contributed by atoms with van der Waals surface area (Å²) in [5, 5.41) is 6.65. The Morgan fingerprint density at radius 2 is 1.79 bits per heavy atom. The molecule has 1 aromatic carbocycles. The van der Waals surface area contributed by atoms with Crippen molar-refractivity contribution in [3.05, 3.63) is 57.9 Å². The summed E-state index contributed by atoms with van der Waals surface area (Å²) in [7, 11) is 0. The number of nitrogens with zero attached hydrogens (tertiary/aromatic N) is 4. The van der Waals surface area contributed by atoms with Crippen molar-refractivity contribution in [2.45, 2.75) is 6.92 Å². The predicted molar refractivity (Wildman–Crippen MR) is 134 cm³/mol. The van der Waals surface area contributed by atoms with Gasteiger partial charge in [-0.05, 0) is 52.3 Å². The number of carbonyl (C=O) groups excluding carboxylic acids is 2. The van der Waals surface area contributed by atoms with E-state index in [-0.39, 0.29) is 11.8 Å². The maximum atomic E-state index is 12.7. The van der Waals surface area contributed by atoms with Crippen molar-refractivity contribution in [2.75, 3.05) is 49.5 Å². The Balaban J connectivity index is 1.50. The zero-order valence-electron chi connectivity index (χ0n) is 18.6. The monoisotopic (exact) mass is 546 g/mol. The van der Waals surface area contributed by atoms with E-state index in [1.807, 2.05) is 18.2 Å². The molecule has 1 aliphatic rings. The van der Waals surface area contributed by atoms with Crippen molar-refractivity contribution in [1.29, 1.82) is 0 Å². The molecule has 0 bridgehead atoms. The van der Waals surface area contributed by atoms with Crippen LogP contribution < -0.4 is 15.5 Å². The number of carbonyl (C=O) groups is 2. The highest BCUT2D eigenvalue weighted by Gasteiger charge is 2.25. The van der Waals surface area contributed by atoms with Gasteiger partial charge in [-0.1, -0.05) is 11.6 Å². The Hall–Kier alpha value is -3.11. The number of nitrogens with one attached hydrogen (secondary N) is 2. The molecular weight excluding hydrogens is 524 g/mol. The van der Waals surface area contributed by atoms with Gasteiger partial charge in [0.1, 0.15) is 11.6 Å². The Morgan fingerprint density at radius 3 is 2.44 bits per heavy atom. The van der Waals surface area contributed by atoms with Crippen LogP contribution in [0, 0.1) is 0 Å². The number of aromatic nitrogens is 2. The molecule has 2 N–H and O–H groups in total. The minimum absolute atomic E-state index is 0.0821. The molecule has 2 amide bonds. The Kier molecular flexibility index (Phi) is 7.69. The van der Waals surface area contributed by atoms with E-state index in [9.17, 15) is 9.59 Å². The van der Waals surface area contributed by atoms with Crippen LogP contribution in [-0.4, -0.2) is 66.0 Å². The molecule has 9 nitrogen and oxygen atoms in total. The van der Waals surface area contributed by atoms with Gasteiger partial charge in [0, 0.05) is 62.8 Å². The summed E-state index contributed by atoms with van der Waals surface area (Å²) in [6.07, 6.45) is 0. The summed E-state index contributed by atoms with van der Waals surface area (Å²) in [6, 6.07) is 12.6. The maximum absolute atomic E-state index is 12.7. The lowest BCUT2D eigenvalue weighted by molar-refractivity contribution is -0.118. The standard InChI is InChI=1S/C23H24BrClN6O3/c1-15(32)26-8-9-27-20-14-21(29-22(28-20)16-2-4-17(25)5-3-16)30-10-12-31(13-11-30)23(33)18-6-7-19(24)34-18/h2-7,14H,8-13H2,1H3,(H,26,32)(H,27,28,29). The summed E-state index contributed by atoms with van der Waals surface area (Å²) in [6.45, 7) is 4.82. The van der Waals surface area contributed by atoms with E-state index in [0.717, 1.165) is 11.4 Å². The highest BCUT2D eigenvalue weighted by atomic mass is 79.9. The summed E-state index contributed by atoms with van der Waals surface area (Å²) < 4.78 is 5.94. The number of hydrogen-bond acceptors (Lipinski definition) is 7. The highest BCUT2D eigenvalue weighted by molar-refractivity contribution is 9.10. The fraction of sp³-hybridized carbons (Fsp3) is 0.304. The molecular formula is C23H24BrClN6O3. The van der Waals surface area contributed by atoms with Crippen molar-refractivity contribution in [1.82, 2.24) is 20.2 Å². The lowest BCUT2D eigenvalue weighted by Crippen LogP contribution is -2.49. The second kappa shape index (κ2) is 10.9. The average molecular weight is 548 g/mol. The van der Waals surface area contributed by atoms with E-state index in [2.05, 4.69) is 36.4 Å². The molecule has 0 radical (unpaired) electrons. The number of rotatable bonds is 7. The molecule has 3 heterocycles. The van der Waals surface area contributed by atoms with Crippen molar-refractivity contribution >= 4 is 51.0 Å². The SMILES string of the molecule is CC(=O)NCCNc1cc(N2CCN(C(=O)c3ccc(Br)o3)CC2)nc(-c2ccc(Cl)cc2)n1. The number of amides is 2. The second-order valence-corrected chi connectivity index (χ2v) is 8.95. The van der Waals surface area contributed by atoms with Gasteiger partial charge >= 0.3 is 0 Å². The smallest absolute Gasteiger partial charge is 0.289 e. The van der Waals surface area contributed by atoms with Gasteiger partial charge < -0.3 is 24.9 Å². The van der Waals surface area contributed by atoms with E-state index in [0.29, 0.717) is 66.4 Å². The average Bonchev–Trinajstić information content (AvgIpc) is 3.28. The maximum Gasteiger partial charge on any atom is 0.289 e. The van der Waals surface area contributed by atoms with Crippen molar-refractivity contribution in [2.24, 2.45) is 0 Å². The molecule has 0 unspecified atom stereocenters. The molecule has 3 aromatic rings. The van der Waals surface area contributed by atoms with Crippen molar-refractivity contribution in [3.8, 4) is 11.4 Å². The molecule has 1 fully saturated rings. The van der Waals surface area contributed by atoms with Gasteiger partial charge in [-0.2, -0.15) is 0 Å². The molecule has 11 heteroatoms. The molecule has 178 valence electrons. The summed E-state index contributed by atoms with van der Waals surface area (Å²) in [5.41, 5.74) is 0.841. The van der Waals surface area contributed by atoms with Gasteiger partial charge in [-0.25, -0.2) is 9.97 Å². The molecule has 1 saturated heterocycles. The molecule has 2 aromatic heterocycles. The Bertz CT molecular complexity index is 1160. The quantitative estimate of drug-likeness (QED) is 0.435. The molecule has 1 aliphatic heterocycles. The van der Waals surface area contributed by atoms with Crippen LogP contribution in [0.15, 0.2) is 51.6 Å². The largest absolute Gasteiger partial charge is 0.444 e. The minimum Gasteiger partial charge on any atom is -0.444 e. The van der Waals surface area contributed by atoms with Gasteiger partial charge in [0.15, 0.2) is 16.3 Å². The van der Waals surface area contributed by atoms with Gasteiger partial charge in [-0.15, -0.1) is 0 Å². The zero-order chi connectivity index (χ0) is 24.1. The van der Waals surface area contributed by atoms with Crippen LogP contribution in [0.3, 0.4) is 0 Å². The first kappa shape index (κ1) is 24.0. The van der Waals surface area contributed by atoms with Crippen LogP contribution in [0.1, 0.15) is 17.5 Å². The van der Waals surface area contributed by atoms with Crippen LogP contribution in [0.2, 0.25) is 5.02 Å². The van der Waals surface area contributed by atoms with Crippen LogP contribution in [0.4, 0.5) is 11.6 Å². The van der Waals surface area contributed by atoms with Gasteiger partial charge in [-0.3, -0.25) is 9.59 Å². The first-order valence-corrected chi connectivity index (χ1v) is 12.0. The highest BCUT2D eigenvalue weighted by Crippen LogP contribution is 2.25. The van der Waals surface area contributed by atoms with Gasteiger partial charge in [0.25, 0.3) is 5.91 Å². The zero-order valence-corrected chi connectivity index (χ0v) is 20.9. The Labute approximate surface area is 210 Å². The molecule has 4 rings (SSSR count). The summed E-state index contributed by atoms with van der Waals surface area (Å²) >= 11 is 9.28. The molecule has 34 heavy (non-hydrogen) atoms. The lowest BCUT2D eigenvalue weighted by Gasteiger charge is -2.35. The van der Waals surface area contributed by atoms with E-state index >= 15 is 0 Å². The number of halogens is 2. The number of benzene rings is 1. The Morgan fingerprint density at radius 1 is 1.06 bits per heavy atom. The normalized spacial score (nSPS) is 13.6. The first-order valence-electron chi connectivity index (χ1n) is 10.8. The molecule has 0 saturated carbocycles. The summed E-state index contributed by atoms with van der Waals surface area (Å²) in [4.78, 5) is 37.1. The first-order chi connectivity index (χ1) is 16.4. The third-order valence-electron chi connectivity index (χ3n) is 5.29. The predicted octanol–water partition coefficient (Wildman–Crippen LogP) is 3.66. The third-order valence-corrected chi connectivity index (χ3v) is 5.97. The molecule has 0 aliphatic carbocycles. The van der Waals surface area contributed by atoms with Crippen LogP contribution in [0.25, 0.3) is 11.4 Å². The van der Waals surface area contributed by atoms with E-state index in [4.69, 9.17) is 21.0 Å². The van der Waals surface area contributed by atoms with E-state index in [1.54, 1.807) is 29.2 Å². The minimum atomic E-state index is -0.129. The van der Waals surface area contributed by atoms with Gasteiger partial charge in [0.2, 0.25) is 5.91 Å². The fourth-order valence-corrected chi connectivity index (χ4v) is 4.00. The van der Waals surface area contributed by atoms with Crippen LogP contribution >= 0.6 is 27.5 Å². The second-order valence-electron chi connectivity index (χ2n) is 7.73. The molecule has 0 atom stereocenters. The number of hydrogen-bond donors (Lipinski definition) is 2. The summed E-state index contributed by atoms with van der Waals surface area (Å²) in [5.74, 6) is 2.08. The number of furan rings is 1. The number of piperazine rings is 1. The van der Waals surface area contributed by atoms with Gasteiger partial charge in [0.05, 0.1) is 0 Å². The van der Waals surface area contributed by atoms with Crippen molar-refractivity contribution < 1.29 is 14.0 Å².